The number of nitro benzene ring substituents is 1. The summed E-state index contributed by atoms with van der Waals surface area (Å²) in [5.74, 6) is -1.13. The SMILES string of the molecule is COc1cccc(N2C(=O)SC(CC(=O)Nc3cc([N+](=O)[O-])ccc3O)C2=O)c1. The fraction of sp³-hybridized carbons (Fsp3) is 0.167. The number of phenolic OH excluding ortho intramolecular Hbond substituents is 1. The lowest BCUT2D eigenvalue weighted by Gasteiger charge is -2.15. The topological polar surface area (TPSA) is 139 Å². The molecule has 1 aliphatic heterocycles. The summed E-state index contributed by atoms with van der Waals surface area (Å²) in [5.41, 5.74) is -0.148. The Labute approximate surface area is 168 Å². The first-order chi connectivity index (χ1) is 13.8. The van der Waals surface area contributed by atoms with Gasteiger partial charge in [0.25, 0.3) is 10.9 Å². The number of non-ortho nitro benzene ring substituents is 1. The number of aromatic hydroxyl groups is 1. The summed E-state index contributed by atoms with van der Waals surface area (Å²) in [5, 5.41) is 21.5. The van der Waals surface area contributed by atoms with E-state index < -0.39 is 27.2 Å². The summed E-state index contributed by atoms with van der Waals surface area (Å²) in [6.45, 7) is 0. The van der Waals surface area contributed by atoms with Crippen molar-refractivity contribution in [3.63, 3.8) is 0 Å². The molecule has 29 heavy (non-hydrogen) atoms. The van der Waals surface area contributed by atoms with E-state index in [1.807, 2.05) is 0 Å². The van der Waals surface area contributed by atoms with E-state index in [1.54, 1.807) is 18.2 Å². The van der Waals surface area contributed by atoms with E-state index >= 15 is 0 Å². The molecule has 0 aromatic heterocycles. The van der Waals surface area contributed by atoms with Gasteiger partial charge < -0.3 is 15.2 Å². The average Bonchev–Trinajstić information content (AvgIpc) is 2.96. The molecule has 3 amide bonds. The van der Waals surface area contributed by atoms with Crippen molar-refractivity contribution in [3.05, 3.63) is 52.6 Å². The molecular weight excluding hydrogens is 402 g/mol. The molecule has 1 aliphatic rings. The first-order valence-electron chi connectivity index (χ1n) is 8.26. The number of hydrogen-bond donors (Lipinski definition) is 2. The third kappa shape index (κ3) is 4.29. The molecule has 10 nitrogen and oxygen atoms in total. The maximum absolute atomic E-state index is 12.6. The van der Waals surface area contributed by atoms with Gasteiger partial charge in [0.1, 0.15) is 16.7 Å². The quantitative estimate of drug-likeness (QED) is 0.415. The number of amides is 3. The number of anilines is 2. The molecule has 1 unspecified atom stereocenters. The standard InChI is InChI=1S/C18H15N3O7S/c1-28-12-4-2-3-10(7-12)20-17(24)15(29-18(20)25)9-16(23)19-13-8-11(21(26)27)5-6-14(13)22/h2-8,15,22H,9H2,1H3,(H,19,23). The fourth-order valence-electron chi connectivity index (χ4n) is 2.68. The van der Waals surface area contributed by atoms with Crippen molar-refractivity contribution in [2.45, 2.75) is 11.7 Å². The summed E-state index contributed by atoms with van der Waals surface area (Å²) >= 11 is 0.706. The number of nitro groups is 1. The van der Waals surface area contributed by atoms with Gasteiger partial charge in [-0.2, -0.15) is 0 Å². The maximum Gasteiger partial charge on any atom is 0.293 e. The van der Waals surface area contributed by atoms with Crippen molar-refractivity contribution in [1.82, 2.24) is 0 Å². The highest BCUT2D eigenvalue weighted by atomic mass is 32.2. The number of thioether (sulfide) groups is 1. The van der Waals surface area contributed by atoms with Gasteiger partial charge in [-0.3, -0.25) is 24.5 Å². The zero-order valence-corrected chi connectivity index (χ0v) is 15.8. The van der Waals surface area contributed by atoms with Crippen LogP contribution < -0.4 is 15.0 Å². The third-order valence-electron chi connectivity index (χ3n) is 4.07. The average molecular weight is 417 g/mol. The van der Waals surface area contributed by atoms with E-state index in [2.05, 4.69) is 5.32 Å². The highest BCUT2D eigenvalue weighted by molar-refractivity contribution is 8.15. The zero-order valence-electron chi connectivity index (χ0n) is 15.0. The lowest BCUT2D eigenvalue weighted by molar-refractivity contribution is -0.384. The molecule has 2 aromatic rings. The molecule has 0 saturated carbocycles. The van der Waals surface area contributed by atoms with Crippen LogP contribution in [0.5, 0.6) is 11.5 Å². The number of methoxy groups -OCH3 is 1. The van der Waals surface area contributed by atoms with E-state index in [9.17, 15) is 29.6 Å². The minimum absolute atomic E-state index is 0.157. The molecule has 3 rings (SSSR count). The molecule has 11 heteroatoms. The summed E-state index contributed by atoms with van der Waals surface area (Å²) in [4.78, 5) is 48.4. The molecule has 150 valence electrons. The van der Waals surface area contributed by atoms with Crippen molar-refractivity contribution >= 4 is 45.9 Å². The molecule has 2 N–H and O–H groups in total. The molecule has 0 aliphatic carbocycles. The van der Waals surface area contributed by atoms with Gasteiger partial charge in [0.05, 0.1) is 23.4 Å². The predicted molar refractivity (Wildman–Crippen MR) is 105 cm³/mol. The molecule has 0 spiro atoms. The summed E-state index contributed by atoms with van der Waals surface area (Å²) < 4.78 is 5.09. The van der Waals surface area contributed by atoms with Gasteiger partial charge in [0.15, 0.2) is 0 Å². The predicted octanol–water partition coefficient (Wildman–Crippen LogP) is 2.91. The molecule has 1 fully saturated rings. The first-order valence-corrected chi connectivity index (χ1v) is 9.14. The van der Waals surface area contributed by atoms with Crippen molar-refractivity contribution in [1.29, 1.82) is 0 Å². The Kier molecular flexibility index (Phi) is 5.69. The van der Waals surface area contributed by atoms with Gasteiger partial charge in [-0.1, -0.05) is 6.07 Å². The van der Waals surface area contributed by atoms with Gasteiger partial charge in [-0.05, 0) is 30.0 Å². The summed E-state index contributed by atoms with van der Waals surface area (Å²) in [6, 6.07) is 9.57. The smallest absolute Gasteiger partial charge is 0.293 e. The number of benzene rings is 2. The molecule has 0 radical (unpaired) electrons. The second kappa shape index (κ2) is 8.19. The van der Waals surface area contributed by atoms with Crippen molar-refractivity contribution in [2.24, 2.45) is 0 Å². The summed E-state index contributed by atoms with van der Waals surface area (Å²) in [6.07, 6.45) is -0.349. The molecule has 1 heterocycles. The van der Waals surface area contributed by atoms with Gasteiger partial charge in [0.2, 0.25) is 11.8 Å². The van der Waals surface area contributed by atoms with E-state index in [4.69, 9.17) is 4.74 Å². The number of ether oxygens (including phenoxy) is 1. The molecular formula is C18H15N3O7S. The molecule has 0 bridgehead atoms. The number of nitrogens with zero attached hydrogens (tertiary/aromatic N) is 2. The number of nitrogens with one attached hydrogen (secondary N) is 1. The van der Waals surface area contributed by atoms with E-state index in [-0.39, 0.29) is 23.5 Å². The number of carbonyl (C=O) groups is 3. The number of imide groups is 1. The van der Waals surface area contributed by atoms with Gasteiger partial charge >= 0.3 is 0 Å². The Bertz CT molecular complexity index is 1010. The minimum Gasteiger partial charge on any atom is -0.506 e. The number of phenols is 1. The second-order valence-corrected chi connectivity index (χ2v) is 7.11. The maximum atomic E-state index is 12.6. The Morgan fingerprint density at radius 2 is 2.07 bits per heavy atom. The van der Waals surface area contributed by atoms with E-state index in [0.717, 1.165) is 23.1 Å². The van der Waals surface area contributed by atoms with Crippen LogP contribution in [0.15, 0.2) is 42.5 Å². The van der Waals surface area contributed by atoms with Crippen molar-refractivity contribution in [3.8, 4) is 11.5 Å². The Morgan fingerprint density at radius 3 is 2.76 bits per heavy atom. The Balaban J connectivity index is 1.72. The van der Waals surface area contributed by atoms with Crippen LogP contribution in [-0.2, 0) is 9.59 Å². The third-order valence-corrected chi connectivity index (χ3v) is 5.11. The van der Waals surface area contributed by atoms with Gasteiger partial charge in [0, 0.05) is 24.6 Å². The van der Waals surface area contributed by atoms with Crippen molar-refractivity contribution in [2.75, 3.05) is 17.3 Å². The molecule has 1 saturated heterocycles. The van der Waals surface area contributed by atoms with Crippen LogP contribution in [0, 0.1) is 10.1 Å². The van der Waals surface area contributed by atoms with Gasteiger partial charge in [-0.25, -0.2) is 4.90 Å². The monoisotopic (exact) mass is 417 g/mol. The molecule has 1 atom stereocenters. The lowest BCUT2D eigenvalue weighted by atomic mass is 10.2. The second-order valence-electron chi connectivity index (χ2n) is 5.96. The van der Waals surface area contributed by atoms with Crippen LogP contribution in [0.25, 0.3) is 0 Å². The number of rotatable bonds is 6. The normalized spacial score (nSPS) is 16.0. The van der Waals surface area contributed by atoms with Gasteiger partial charge in [-0.15, -0.1) is 0 Å². The van der Waals surface area contributed by atoms with Crippen LogP contribution in [0.4, 0.5) is 21.9 Å². The highest BCUT2D eigenvalue weighted by Gasteiger charge is 2.41. The van der Waals surface area contributed by atoms with E-state index in [0.29, 0.717) is 23.2 Å². The van der Waals surface area contributed by atoms with Crippen LogP contribution in [0.2, 0.25) is 0 Å². The van der Waals surface area contributed by atoms with Crippen LogP contribution in [-0.4, -0.2) is 39.4 Å². The van der Waals surface area contributed by atoms with Crippen LogP contribution in [0.3, 0.4) is 0 Å². The van der Waals surface area contributed by atoms with Crippen molar-refractivity contribution < 1.29 is 29.2 Å². The summed E-state index contributed by atoms with van der Waals surface area (Å²) in [7, 11) is 1.46. The van der Waals surface area contributed by atoms with E-state index in [1.165, 1.54) is 13.2 Å². The largest absolute Gasteiger partial charge is 0.506 e. The Hall–Kier alpha value is -3.60. The number of carbonyl (C=O) groups excluding carboxylic acids is 3. The zero-order chi connectivity index (χ0) is 21.1. The number of hydrogen-bond acceptors (Lipinski definition) is 8. The Morgan fingerprint density at radius 1 is 1.31 bits per heavy atom. The lowest BCUT2D eigenvalue weighted by Crippen LogP contribution is -2.33. The highest BCUT2D eigenvalue weighted by Crippen LogP contribution is 2.35. The fourth-order valence-corrected chi connectivity index (χ4v) is 3.66. The van der Waals surface area contributed by atoms with Crippen LogP contribution in [0.1, 0.15) is 6.42 Å². The minimum atomic E-state index is -0.963. The first kappa shape index (κ1) is 20.1. The van der Waals surface area contributed by atoms with Crippen LogP contribution >= 0.6 is 11.8 Å². The molecule has 2 aromatic carbocycles.